The van der Waals surface area contributed by atoms with Crippen LogP contribution in [-0.4, -0.2) is 34.3 Å². The molecule has 1 aliphatic rings. The Morgan fingerprint density at radius 1 is 1.00 bits per heavy atom. The number of nitrogens with zero attached hydrogens (tertiary/aromatic N) is 2. The van der Waals surface area contributed by atoms with Crippen LogP contribution in [0.1, 0.15) is 10.9 Å². The van der Waals surface area contributed by atoms with Crippen molar-refractivity contribution in [1.29, 1.82) is 0 Å². The average molecular weight is 432 g/mol. The number of fused-ring (bicyclic) bond motifs is 3. The van der Waals surface area contributed by atoms with E-state index in [9.17, 15) is 9.59 Å². The Hall–Kier alpha value is -3.45. The summed E-state index contributed by atoms with van der Waals surface area (Å²) < 4.78 is 7.21. The van der Waals surface area contributed by atoms with Gasteiger partial charge >= 0.3 is 0 Å². The monoisotopic (exact) mass is 431 g/mol. The number of benzene rings is 3. The molecule has 0 bridgehead atoms. The number of carbonyl (C=O) groups excluding carboxylic acids is 2. The molecular formula is C24H21N3O3S. The Morgan fingerprint density at radius 3 is 2.23 bits per heavy atom. The van der Waals surface area contributed by atoms with E-state index < -0.39 is 0 Å². The summed E-state index contributed by atoms with van der Waals surface area (Å²) >= 11 is 1.49. The second kappa shape index (κ2) is 8.00. The van der Waals surface area contributed by atoms with Crippen LogP contribution in [0.25, 0.3) is 21.8 Å². The van der Waals surface area contributed by atoms with Gasteiger partial charge in [0.15, 0.2) is 0 Å². The highest BCUT2D eigenvalue weighted by molar-refractivity contribution is 8.00. The Morgan fingerprint density at radius 2 is 1.61 bits per heavy atom. The number of hydrogen-bond donors (Lipinski definition) is 1. The number of para-hydroxylation sites is 2. The fourth-order valence-corrected chi connectivity index (χ4v) is 5.16. The Labute approximate surface area is 183 Å². The number of carbonyl (C=O) groups is 2. The number of ether oxygens (including phenoxy) is 1. The van der Waals surface area contributed by atoms with Crippen LogP contribution in [0, 0.1) is 0 Å². The molecule has 3 aromatic carbocycles. The topological polar surface area (TPSA) is 63.6 Å². The van der Waals surface area contributed by atoms with E-state index in [1.54, 1.807) is 7.11 Å². The van der Waals surface area contributed by atoms with Gasteiger partial charge in [0.1, 0.15) is 17.7 Å². The molecule has 0 aliphatic carbocycles. The van der Waals surface area contributed by atoms with Crippen LogP contribution in [0.4, 0.5) is 0 Å². The van der Waals surface area contributed by atoms with Crippen LogP contribution >= 0.6 is 11.8 Å². The first-order chi connectivity index (χ1) is 15.2. The van der Waals surface area contributed by atoms with Gasteiger partial charge in [-0.15, -0.1) is 11.8 Å². The predicted molar refractivity (Wildman–Crippen MR) is 123 cm³/mol. The molecule has 6 nitrogen and oxygen atoms in total. The number of thioether (sulfide) groups is 1. The van der Waals surface area contributed by atoms with E-state index in [2.05, 4.69) is 17.6 Å². The molecule has 1 N–H and O–H groups in total. The van der Waals surface area contributed by atoms with Gasteiger partial charge in [0.2, 0.25) is 0 Å². The molecule has 31 heavy (non-hydrogen) atoms. The molecule has 2 heterocycles. The van der Waals surface area contributed by atoms with Gasteiger partial charge in [-0.05, 0) is 29.8 Å². The first-order valence-electron chi connectivity index (χ1n) is 9.99. The summed E-state index contributed by atoms with van der Waals surface area (Å²) in [5, 5.41) is 3.40. The van der Waals surface area contributed by atoms with Crippen molar-refractivity contribution in [3.8, 4) is 5.75 Å². The molecule has 156 valence electrons. The first kappa shape index (κ1) is 19.5. The van der Waals surface area contributed by atoms with Gasteiger partial charge in [0.05, 0.1) is 12.9 Å². The molecule has 0 saturated carbocycles. The van der Waals surface area contributed by atoms with Gasteiger partial charge in [-0.25, -0.2) is 5.01 Å². The van der Waals surface area contributed by atoms with Crippen LogP contribution < -0.4 is 10.2 Å². The number of rotatable bonds is 5. The zero-order chi connectivity index (χ0) is 21.4. The first-order valence-corrected chi connectivity index (χ1v) is 11.0. The van der Waals surface area contributed by atoms with Gasteiger partial charge in [-0.3, -0.25) is 15.0 Å². The molecule has 4 aromatic rings. The summed E-state index contributed by atoms with van der Waals surface area (Å²) in [7, 11) is 1.62. The Bertz CT molecular complexity index is 1230. The number of aromatic nitrogens is 1. The Balaban J connectivity index is 1.41. The molecule has 2 amide bonds. The van der Waals surface area contributed by atoms with E-state index in [1.807, 2.05) is 65.2 Å². The maximum absolute atomic E-state index is 13.0. The van der Waals surface area contributed by atoms with Crippen molar-refractivity contribution < 1.29 is 14.3 Å². The predicted octanol–water partition coefficient (Wildman–Crippen LogP) is 4.11. The summed E-state index contributed by atoms with van der Waals surface area (Å²) in [6.07, 6.45) is 0. The molecule has 1 unspecified atom stereocenters. The smallest absolute Gasteiger partial charge is 0.258 e. The van der Waals surface area contributed by atoms with E-state index >= 15 is 0 Å². The van der Waals surface area contributed by atoms with Crippen LogP contribution in [0.5, 0.6) is 5.75 Å². The minimum Gasteiger partial charge on any atom is -0.497 e. The second-order valence-electron chi connectivity index (χ2n) is 7.36. The minimum absolute atomic E-state index is 0.110. The summed E-state index contributed by atoms with van der Waals surface area (Å²) in [6, 6.07) is 23.6. The van der Waals surface area contributed by atoms with Crippen LogP contribution in [-0.2, 0) is 16.1 Å². The normalized spacial score (nSPS) is 16.2. The van der Waals surface area contributed by atoms with E-state index in [1.165, 1.54) is 16.8 Å². The highest BCUT2D eigenvalue weighted by atomic mass is 32.2. The summed E-state index contributed by atoms with van der Waals surface area (Å²) in [6.45, 7) is 0.123. The molecule has 1 saturated heterocycles. The second-order valence-corrected chi connectivity index (χ2v) is 8.42. The molecule has 1 atom stereocenters. The molecule has 1 aromatic heterocycles. The fraction of sp³-hybridized carbons (Fsp3) is 0.167. The van der Waals surface area contributed by atoms with Crippen molar-refractivity contribution in [3.05, 3.63) is 78.4 Å². The minimum atomic E-state index is -0.263. The molecule has 7 heteroatoms. The highest BCUT2D eigenvalue weighted by Crippen LogP contribution is 2.38. The number of hydrogen-bond acceptors (Lipinski definition) is 4. The average Bonchev–Trinajstić information content (AvgIpc) is 3.32. The lowest BCUT2D eigenvalue weighted by molar-refractivity contribution is -0.139. The zero-order valence-electron chi connectivity index (χ0n) is 16.9. The lowest BCUT2D eigenvalue weighted by Crippen LogP contribution is -2.45. The number of hydrazine groups is 1. The highest BCUT2D eigenvalue weighted by Gasteiger charge is 2.34. The molecule has 0 radical (unpaired) electrons. The van der Waals surface area contributed by atoms with E-state index in [-0.39, 0.29) is 23.7 Å². The van der Waals surface area contributed by atoms with Gasteiger partial charge in [-0.2, -0.15) is 0 Å². The maximum atomic E-state index is 13.0. The number of nitrogens with one attached hydrogen (secondary N) is 1. The van der Waals surface area contributed by atoms with E-state index in [0.29, 0.717) is 5.75 Å². The fourth-order valence-electron chi connectivity index (χ4n) is 4.05. The Kier molecular flexibility index (Phi) is 5.03. The standard InChI is InChI=1S/C24H21N3O3S/c1-30-17-12-10-16(11-13-17)24-27(23(29)15-31-24)25-22(28)14-26-20-8-4-2-6-18(20)19-7-3-5-9-21(19)26/h2-13,24H,14-15H2,1H3,(H,25,28). The van der Waals surface area contributed by atoms with Gasteiger partial charge in [0, 0.05) is 21.8 Å². The summed E-state index contributed by atoms with van der Waals surface area (Å²) in [5.74, 6) is 0.731. The van der Waals surface area contributed by atoms with Gasteiger partial charge in [-0.1, -0.05) is 48.5 Å². The van der Waals surface area contributed by atoms with Crippen molar-refractivity contribution in [1.82, 2.24) is 15.0 Å². The lowest BCUT2D eigenvalue weighted by atomic mass is 10.2. The number of amides is 2. The van der Waals surface area contributed by atoms with Gasteiger partial charge in [0.25, 0.3) is 11.8 Å². The van der Waals surface area contributed by atoms with Crippen LogP contribution in [0.3, 0.4) is 0 Å². The van der Waals surface area contributed by atoms with Crippen molar-refractivity contribution in [2.75, 3.05) is 12.9 Å². The van der Waals surface area contributed by atoms with Crippen LogP contribution in [0.2, 0.25) is 0 Å². The maximum Gasteiger partial charge on any atom is 0.258 e. The molecule has 1 fully saturated rings. The SMILES string of the molecule is COc1ccc(C2SCC(=O)N2NC(=O)Cn2c3ccccc3c3ccccc32)cc1. The lowest BCUT2D eigenvalue weighted by Gasteiger charge is -2.25. The van der Waals surface area contributed by atoms with Crippen LogP contribution in [0.15, 0.2) is 72.8 Å². The molecule has 1 aliphatic heterocycles. The summed E-state index contributed by atoms with van der Waals surface area (Å²) in [4.78, 5) is 25.5. The van der Waals surface area contributed by atoms with Gasteiger partial charge < -0.3 is 9.30 Å². The molecular weight excluding hydrogens is 410 g/mol. The van der Waals surface area contributed by atoms with E-state index in [0.717, 1.165) is 33.1 Å². The van der Waals surface area contributed by atoms with Crippen molar-refractivity contribution in [2.24, 2.45) is 0 Å². The third-order valence-electron chi connectivity index (χ3n) is 5.50. The largest absolute Gasteiger partial charge is 0.497 e. The molecule has 5 rings (SSSR count). The summed E-state index contributed by atoms with van der Waals surface area (Å²) in [5.41, 5.74) is 5.77. The molecule has 0 spiro atoms. The van der Waals surface area contributed by atoms with Crippen molar-refractivity contribution in [2.45, 2.75) is 11.9 Å². The van der Waals surface area contributed by atoms with E-state index in [4.69, 9.17) is 4.74 Å². The van der Waals surface area contributed by atoms with Crippen molar-refractivity contribution in [3.63, 3.8) is 0 Å². The third kappa shape index (κ3) is 3.51. The zero-order valence-corrected chi connectivity index (χ0v) is 17.8. The number of methoxy groups -OCH3 is 1. The third-order valence-corrected chi connectivity index (χ3v) is 6.71. The van der Waals surface area contributed by atoms with Crippen molar-refractivity contribution >= 4 is 45.4 Å². The quantitative estimate of drug-likeness (QED) is 0.517.